The molecule has 1 saturated carbocycles. The first-order chi connectivity index (χ1) is 18.6. The number of amides is 2. The minimum atomic E-state index is -4.54. The molecule has 1 atom stereocenters. The molecule has 1 aromatic heterocycles. The summed E-state index contributed by atoms with van der Waals surface area (Å²) in [7, 11) is 0. The van der Waals surface area contributed by atoms with Crippen molar-refractivity contribution in [2.24, 2.45) is 0 Å². The Morgan fingerprint density at radius 1 is 1.13 bits per heavy atom. The van der Waals surface area contributed by atoms with Gasteiger partial charge in [0.15, 0.2) is 5.13 Å². The van der Waals surface area contributed by atoms with E-state index >= 15 is 0 Å². The van der Waals surface area contributed by atoms with Crippen LogP contribution < -0.4 is 15.5 Å². The van der Waals surface area contributed by atoms with Gasteiger partial charge in [0.2, 0.25) is 5.91 Å². The molecule has 3 aliphatic rings. The van der Waals surface area contributed by atoms with Gasteiger partial charge in [-0.3, -0.25) is 14.5 Å². The highest BCUT2D eigenvalue weighted by Gasteiger charge is 2.40. The molecule has 2 aromatic rings. The van der Waals surface area contributed by atoms with Crippen molar-refractivity contribution in [1.82, 2.24) is 20.5 Å². The molecule has 2 aliphatic heterocycles. The molecular formula is C27H34F3N5O3S. The van der Waals surface area contributed by atoms with Gasteiger partial charge in [-0.05, 0) is 63.1 Å². The maximum absolute atomic E-state index is 12.9. The standard InChI is InChI=1S/C27H34F3N5O3S/c28-27(29,30)19-5-3-4-18(14-19)24(37)31-15-23(36)32-20-8-13-35(16-20)21-6-9-26(38,10-7-21)22-17-39-25(33-22)34-11-1-2-12-34/h3-5,14,17,20-21,38H,1-2,6-13,15-16H2,(H,31,37)(H,32,36)/t20-,21?,26?/m1/s1. The SMILES string of the molecule is O=C(CNC(=O)c1cccc(C(F)(F)F)c1)N[C@@H]1CCN(C2CCC(O)(c3csc(N4CCCC4)n3)CC2)C1. The monoisotopic (exact) mass is 565 g/mol. The number of carbonyl (C=O) groups is 2. The molecule has 2 amide bonds. The first kappa shape index (κ1) is 27.9. The molecule has 5 rings (SSSR count). The van der Waals surface area contributed by atoms with E-state index in [2.05, 4.69) is 20.4 Å². The van der Waals surface area contributed by atoms with Crippen LogP contribution >= 0.6 is 11.3 Å². The van der Waals surface area contributed by atoms with E-state index in [1.54, 1.807) is 11.3 Å². The first-order valence-electron chi connectivity index (χ1n) is 13.5. The summed E-state index contributed by atoms with van der Waals surface area (Å²) in [6, 6.07) is 4.37. The van der Waals surface area contributed by atoms with Gasteiger partial charge in [-0.15, -0.1) is 11.3 Å². The number of benzene rings is 1. The molecule has 0 radical (unpaired) electrons. The van der Waals surface area contributed by atoms with Crippen molar-refractivity contribution in [2.45, 2.75) is 68.8 Å². The maximum Gasteiger partial charge on any atom is 0.416 e. The van der Waals surface area contributed by atoms with Crippen molar-refractivity contribution in [3.8, 4) is 0 Å². The average molecular weight is 566 g/mol. The van der Waals surface area contributed by atoms with Gasteiger partial charge in [0.05, 0.1) is 17.8 Å². The topological polar surface area (TPSA) is 97.8 Å². The number of anilines is 1. The lowest BCUT2D eigenvalue weighted by atomic mass is 9.80. The van der Waals surface area contributed by atoms with E-state index in [0.29, 0.717) is 25.4 Å². The number of thiazole rings is 1. The van der Waals surface area contributed by atoms with Gasteiger partial charge < -0.3 is 20.6 Å². The quantitative estimate of drug-likeness (QED) is 0.476. The molecule has 1 aliphatic carbocycles. The largest absolute Gasteiger partial charge is 0.416 e. The van der Waals surface area contributed by atoms with E-state index in [1.807, 2.05) is 5.38 Å². The van der Waals surface area contributed by atoms with Crippen LogP contribution in [0.4, 0.5) is 18.3 Å². The number of nitrogens with zero attached hydrogens (tertiary/aromatic N) is 3. The number of carbonyl (C=O) groups excluding carboxylic acids is 2. The Hall–Kier alpha value is -2.70. The summed E-state index contributed by atoms with van der Waals surface area (Å²) in [5, 5.41) is 19.7. The summed E-state index contributed by atoms with van der Waals surface area (Å²) in [5.74, 6) is -1.11. The molecule has 0 spiro atoms. The summed E-state index contributed by atoms with van der Waals surface area (Å²) < 4.78 is 38.7. The smallest absolute Gasteiger partial charge is 0.384 e. The van der Waals surface area contributed by atoms with Gasteiger partial charge in [-0.1, -0.05) is 6.07 Å². The normalized spacial score (nSPS) is 26.1. The van der Waals surface area contributed by atoms with Crippen LogP contribution in [0, 0.1) is 0 Å². The van der Waals surface area contributed by atoms with Crippen LogP contribution in [0.1, 0.15) is 66.6 Å². The van der Waals surface area contributed by atoms with E-state index in [0.717, 1.165) is 61.9 Å². The average Bonchev–Trinajstić information content (AvgIpc) is 3.69. The Balaban J connectivity index is 1.05. The van der Waals surface area contributed by atoms with Crippen LogP contribution in [0.15, 0.2) is 29.6 Å². The Bertz CT molecular complexity index is 1180. The Kier molecular flexibility index (Phi) is 8.16. The second kappa shape index (κ2) is 11.4. The maximum atomic E-state index is 12.9. The van der Waals surface area contributed by atoms with Crippen LogP contribution in [0.5, 0.6) is 0 Å². The number of alkyl halides is 3. The second-order valence-corrected chi connectivity index (χ2v) is 11.6. The van der Waals surface area contributed by atoms with E-state index in [1.165, 1.54) is 25.0 Å². The predicted molar refractivity (Wildman–Crippen MR) is 142 cm³/mol. The molecule has 3 fully saturated rings. The summed E-state index contributed by atoms with van der Waals surface area (Å²) in [6.07, 6.45) is 1.60. The van der Waals surface area contributed by atoms with Crippen LogP contribution in [-0.4, -0.2) is 71.6 Å². The fourth-order valence-electron chi connectivity index (χ4n) is 5.85. The molecule has 8 nitrogen and oxygen atoms in total. The molecule has 1 aromatic carbocycles. The summed E-state index contributed by atoms with van der Waals surface area (Å²) in [6.45, 7) is 3.27. The van der Waals surface area contributed by atoms with Crippen molar-refractivity contribution in [3.63, 3.8) is 0 Å². The molecular weight excluding hydrogens is 531 g/mol. The van der Waals surface area contributed by atoms with Crippen LogP contribution in [-0.2, 0) is 16.6 Å². The highest BCUT2D eigenvalue weighted by Crippen LogP contribution is 2.41. The number of aromatic nitrogens is 1. The number of hydrogen-bond donors (Lipinski definition) is 3. The van der Waals surface area contributed by atoms with E-state index < -0.39 is 23.2 Å². The van der Waals surface area contributed by atoms with Gasteiger partial charge in [0.1, 0.15) is 5.60 Å². The van der Waals surface area contributed by atoms with Crippen molar-refractivity contribution >= 4 is 28.3 Å². The molecule has 39 heavy (non-hydrogen) atoms. The van der Waals surface area contributed by atoms with Crippen molar-refractivity contribution in [1.29, 1.82) is 0 Å². The van der Waals surface area contributed by atoms with Crippen LogP contribution in [0.25, 0.3) is 0 Å². The molecule has 212 valence electrons. The molecule has 3 heterocycles. The van der Waals surface area contributed by atoms with E-state index in [-0.39, 0.29) is 24.1 Å². The molecule has 0 unspecified atom stereocenters. The highest BCUT2D eigenvalue weighted by molar-refractivity contribution is 7.13. The summed E-state index contributed by atoms with van der Waals surface area (Å²) in [5.41, 5.74) is -1.17. The van der Waals surface area contributed by atoms with Crippen molar-refractivity contribution in [2.75, 3.05) is 37.6 Å². The lowest BCUT2D eigenvalue weighted by molar-refractivity contribution is -0.137. The number of likely N-dealkylation sites (tertiary alicyclic amines) is 1. The van der Waals surface area contributed by atoms with Crippen LogP contribution in [0.3, 0.4) is 0 Å². The molecule has 3 N–H and O–H groups in total. The zero-order valence-electron chi connectivity index (χ0n) is 21.7. The number of hydrogen-bond acceptors (Lipinski definition) is 7. The Morgan fingerprint density at radius 3 is 2.59 bits per heavy atom. The lowest BCUT2D eigenvalue weighted by Gasteiger charge is -2.38. The van der Waals surface area contributed by atoms with Gasteiger partial charge in [-0.25, -0.2) is 4.98 Å². The minimum absolute atomic E-state index is 0.0645. The van der Waals surface area contributed by atoms with E-state index in [4.69, 9.17) is 4.98 Å². The Morgan fingerprint density at radius 2 is 1.87 bits per heavy atom. The number of nitrogens with one attached hydrogen (secondary N) is 2. The first-order valence-corrected chi connectivity index (χ1v) is 14.4. The fraction of sp³-hybridized carbons (Fsp3) is 0.593. The molecule has 0 bridgehead atoms. The third-order valence-electron chi connectivity index (χ3n) is 8.09. The second-order valence-electron chi connectivity index (χ2n) is 10.8. The minimum Gasteiger partial charge on any atom is -0.384 e. The lowest BCUT2D eigenvalue weighted by Crippen LogP contribution is -2.45. The van der Waals surface area contributed by atoms with Crippen LogP contribution in [0.2, 0.25) is 0 Å². The van der Waals surface area contributed by atoms with Crippen molar-refractivity contribution < 1.29 is 27.9 Å². The Labute approximate surface area is 229 Å². The molecule has 12 heteroatoms. The third-order valence-corrected chi connectivity index (χ3v) is 8.99. The fourth-order valence-corrected chi connectivity index (χ4v) is 6.82. The number of halogens is 3. The zero-order valence-corrected chi connectivity index (χ0v) is 22.5. The predicted octanol–water partition coefficient (Wildman–Crippen LogP) is 3.51. The zero-order chi connectivity index (χ0) is 27.6. The van der Waals surface area contributed by atoms with Crippen molar-refractivity contribution in [3.05, 3.63) is 46.5 Å². The third kappa shape index (κ3) is 6.55. The summed E-state index contributed by atoms with van der Waals surface area (Å²) >= 11 is 1.61. The summed E-state index contributed by atoms with van der Waals surface area (Å²) in [4.78, 5) is 34.1. The van der Waals surface area contributed by atoms with Gasteiger partial charge >= 0.3 is 6.18 Å². The van der Waals surface area contributed by atoms with E-state index in [9.17, 15) is 27.9 Å². The molecule has 2 saturated heterocycles. The van der Waals surface area contributed by atoms with Gasteiger partial charge in [0.25, 0.3) is 5.91 Å². The number of aliphatic hydroxyl groups is 1. The van der Waals surface area contributed by atoms with Gasteiger partial charge in [0, 0.05) is 49.2 Å². The van der Waals surface area contributed by atoms with Gasteiger partial charge in [-0.2, -0.15) is 13.2 Å². The highest BCUT2D eigenvalue weighted by atomic mass is 32.1. The number of rotatable bonds is 7.